The molecular formula is C10H20NO3P. The second-order valence-electron chi connectivity index (χ2n) is 2.82. The van der Waals surface area contributed by atoms with Gasteiger partial charge in [0.1, 0.15) is 0 Å². The van der Waals surface area contributed by atoms with E-state index in [2.05, 4.69) is 18.5 Å². The molecule has 0 aliphatic carbocycles. The molecule has 0 radical (unpaired) electrons. The van der Waals surface area contributed by atoms with Gasteiger partial charge in [0.2, 0.25) is 0 Å². The Morgan fingerprint density at radius 2 is 1.93 bits per heavy atom. The minimum atomic E-state index is -3.14. The van der Waals surface area contributed by atoms with E-state index in [0.29, 0.717) is 31.6 Å². The molecule has 0 fully saturated rings. The molecule has 88 valence electrons. The standard InChI is InChI=1S/C10H20NO3P/c1-5-8-11-9-10(4)15(12,13-6-2)14-7-3/h5,11H,1,4,6-9H2,2-3H3. The van der Waals surface area contributed by atoms with E-state index in [4.69, 9.17) is 9.05 Å². The first kappa shape index (κ1) is 14.6. The van der Waals surface area contributed by atoms with Crippen LogP contribution < -0.4 is 5.32 Å². The normalized spacial score (nSPS) is 11.3. The van der Waals surface area contributed by atoms with Crippen molar-refractivity contribution in [3.63, 3.8) is 0 Å². The number of nitrogens with one attached hydrogen (secondary N) is 1. The lowest BCUT2D eigenvalue weighted by Gasteiger charge is -2.19. The number of hydrogen-bond acceptors (Lipinski definition) is 4. The van der Waals surface area contributed by atoms with E-state index in [0.717, 1.165) is 0 Å². The Hall–Kier alpha value is -0.410. The molecule has 0 aliphatic rings. The van der Waals surface area contributed by atoms with Crippen LogP contribution in [0.5, 0.6) is 0 Å². The van der Waals surface area contributed by atoms with E-state index >= 15 is 0 Å². The van der Waals surface area contributed by atoms with Crippen LogP contribution in [0.4, 0.5) is 0 Å². The Morgan fingerprint density at radius 1 is 1.40 bits per heavy atom. The molecule has 0 heterocycles. The third kappa shape index (κ3) is 5.28. The maximum absolute atomic E-state index is 12.1. The van der Waals surface area contributed by atoms with Crippen LogP contribution in [-0.4, -0.2) is 26.3 Å². The molecule has 15 heavy (non-hydrogen) atoms. The van der Waals surface area contributed by atoms with Gasteiger partial charge in [-0.15, -0.1) is 6.58 Å². The first-order valence-corrected chi connectivity index (χ1v) is 6.54. The van der Waals surface area contributed by atoms with Gasteiger partial charge in [-0.25, -0.2) is 0 Å². The Bertz CT molecular complexity index is 243. The second-order valence-corrected chi connectivity index (χ2v) is 4.96. The van der Waals surface area contributed by atoms with E-state index in [1.807, 2.05) is 0 Å². The predicted molar refractivity (Wildman–Crippen MR) is 63.1 cm³/mol. The van der Waals surface area contributed by atoms with Crippen molar-refractivity contribution < 1.29 is 13.6 Å². The summed E-state index contributed by atoms with van der Waals surface area (Å²) >= 11 is 0. The molecule has 0 aromatic heterocycles. The zero-order valence-corrected chi connectivity index (χ0v) is 10.4. The summed E-state index contributed by atoms with van der Waals surface area (Å²) in [7, 11) is -3.14. The quantitative estimate of drug-likeness (QED) is 0.377. The fourth-order valence-electron chi connectivity index (χ4n) is 0.975. The maximum Gasteiger partial charge on any atom is 0.358 e. The van der Waals surface area contributed by atoms with Crippen molar-refractivity contribution in [2.45, 2.75) is 13.8 Å². The molecule has 1 N–H and O–H groups in total. The average Bonchev–Trinajstić information content (AvgIpc) is 2.18. The van der Waals surface area contributed by atoms with E-state index < -0.39 is 7.60 Å². The van der Waals surface area contributed by atoms with Crippen molar-refractivity contribution >= 4 is 7.60 Å². The number of rotatable bonds is 9. The zero-order valence-electron chi connectivity index (χ0n) is 9.49. The van der Waals surface area contributed by atoms with Gasteiger partial charge in [-0.05, 0) is 13.8 Å². The summed E-state index contributed by atoms with van der Waals surface area (Å²) in [4.78, 5) is 0. The minimum Gasteiger partial charge on any atom is -0.309 e. The van der Waals surface area contributed by atoms with Gasteiger partial charge >= 0.3 is 7.60 Å². The molecule has 0 amide bonds. The summed E-state index contributed by atoms with van der Waals surface area (Å²) < 4.78 is 22.4. The Labute approximate surface area is 91.9 Å². The van der Waals surface area contributed by atoms with Gasteiger partial charge in [-0.1, -0.05) is 12.7 Å². The molecule has 4 nitrogen and oxygen atoms in total. The lowest BCUT2D eigenvalue weighted by molar-refractivity contribution is 0.226. The third-order valence-corrected chi connectivity index (χ3v) is 3.73. The van der Waals surface area contributed by atoms with Crippen LogP contribution in [0, 0.1) is 0 Å². The van der Waals surface area contributed by atoms with Crippen molar-refractivity contribution in [2.24, 2.45) is 0 Å². The van der Waals surface area contributed by atoms with Gasteiger partial charge in [0.05, 0.1) is 13.2 Å². The van der Waals surface area contributed by atoms with Crippen molar-refractivity contribution in [3.8, 4) is 0 Å². The molecule has 0 aliphatic heterocycles. The molecule has 0 bridgehead atoms. The first-order valence-electron chi connectivity index (χ1n) is 4.99. The van der Waals surface area contributed by atoms with E-state index in [1.54, 1.807) is 19.9 Å². The predicted octanol–water partition coefficient (Wildman–Crippen LogP) is 2.54. The van der Waals surface area contributed by atoms with Crippen LogP contribution in [0.1, 0.15) is 13.8 Å². The maximum atomic E-state index is 12.1. The summed E-state index contributed by atoms with van der Waals surface area (Å²) in [6.45, 7) is 12.6. The molecule has 0 unspecified atom stereocenters. The highest BCUT2D eigenvalue weighted by molar-refractivity contribution is 7.58. The monoisotopic (exact) mass is 233 g/mol. The molecular weight excluding hydrogens is 213 g/mol. The Balaban J connectivity index is 4.28. The van der Waals surface area contributed by atoms with Gasteiger partial charge < -0.3 is 14.4 Å². The van der Waals surface area contributed by atoms with Gasteiger partial charge in [0, 0.05) is 18.4 Å². The van der Waals surface area contributed by atoms with Crippen molar-refractivity contribution in [2.75, 3.05) is 26.3 Å². The topological polar surface area (TPSA) is 47.6 Å². The van der Waals surface area contributed by atoms with Crippen LogP contribution in [0.2, 0.25) is 0 Å². The van der Waals surface area contributed by atoms with Crippen LogP contribution >= 0.6 is 7.60 Å². The summed E-state index contributed by atoms with van der Waals surface area (Å²) in [5.74, 6) is 0. The van der Waals surface area contributed by atoms with E-state index in [-0.39, 0.29) is 0 Å². The largest absolute Gasteiger partial charge is 0.358 e. The summed E-state index contributed by atoms with van der Waals surface area (Å²) in [5, 5.41) is 3.46. The highest BCUT2D eigenvalue weighted by Crippen LogP contribution is 2.54. The van der Waals surface area contributed by atoms with Crippen LogP contribution in [0.3, 0.4) is 0 Å². The molecule has 0 saturated heterocycles. The third-order valence-electron chi connectivity index (χ3n) is 1.60. The average molecular weight is 233 g/mol. The highest BCUT2D eigenvalue weighted by Gasteiger charge is 2.27. The fourth-order valence-corrected chi connectivity index (χ4v) is 2.40. The lowest BCUT2D eigenvalue weighted by atomic mass is 10.5. The van der Waals surface area contributed by atoms with Crippen LogP contribution in [0.15, 0.2) is 24.5 Å². The molecule has 0 aromatic rings. The van der Waals surface area contributed by atoms with Crippen molar-refractivity contribution in [1.29, 1.82) is 0 Å². The Kier molecular flexibility index (Phi) is 7.61. The smallest absolute Gasteiger partial charge is 0.309 e. The molecule has 0 aromatic carbocycles. The summed E-state index contributed by atoms with van der Waals surface area (Å²) in [6, 6.07) is 0. The Morgan fingerprint density at radius 3 is 2.33 bits per heavy atom. The molecule has 0 atom stereocenters. The van der Waals surface area contributed by atoms with Gasteiger partial charge in [0.25, 0.3) is 0 Å². The highest BCUT2D eigenvalue weighted by atomic mass is 31.2. The van der Waals surface area contributed by atoms with Gasteiger partial charge in [0.15, 0.2) is 0 Å². The van der Waals surface area contributed by atoms with Crippen LogP contribution in [-0.2, 0) is 13.6 Å². The molecule has 0 rings (SSSR count). The van der Waals surface area contributed by atoms with Crippen molar-refractivity contribution in [1.82, 2.24) is 5.32 Å². The van der Waals surface area contributed by atoms with Crippen LogP contribution in [0.25, 0.3) is 0 Å². The fraction of sp³-hybridized carbons (Fsp3) is 0.600. The first-order chi connectivity index (χ1) is 7.10. The lowest BCUT2D eigenvalue weighted by Crippen LogP contribution is -2.17. The molecule has 5 heteroatoms. The minimum absolute atomic E-state index is 0.345. The van der Waals surface area contributed by atoms with Gasteiger partial charge in [-0.3, -0.25) is 4.57 Å². The van der Waals surface area contributed by atoms with E-state index in [1.165, 1.54) is 0 Å². The summed E-state index contributed by atoms with van der Waals surface area (Å²) in [5.41, 5.74) is 0. The molecule has 0 spiro atoms. The SMILES string of the molecule is C=CCNCC(=C)P(=O)(OCC)OCC. The number of hydrogen-bond donors (Lipinski definition) is 1. The van der Waals surface area contributed by atoms with Gasteiger partial charge in [-0.2, -0.15) is 0 Å². The zero-order chi connectivity index (χ0) is 11.7. The molecule has 0 saturated carbocycles. The second kappa shape index (κ2) is 7.83. The van der Waals surface area contributed by atoms with E-state index in [9.17, 15) is 4.57 Å². The van der Waals surface area contributed by atoms with Crippen molar-refractivity contribution in [3.05, 3.63) is 24.5 Å². The summed E-state index contributed by atoms with van der Waals surface area (Å²) in [6.07, 6.45) is 1.72.